The van der Waals surface area contributed by atoms with Crippen LogP contribution >= 0.6 is 0 Å². The average molecular weight is 327 g/mol. The summed E-state index contributed by atoms with van der Waals surface area (Å²) in [7, 11) is 3.24. The Morgan fingerprint density at radius 1 is 1.04 bits per heavy atom. The number of aromatic nitrogens is 1. The smallest absolute Gasteiger partial charge is 0.253 e. The molecule has 0 spiro atoms. The van der Waals surface area contributed by atoms with E-state index in [1.807, 2.05) is 0 Å². The maximum absolute atomic E-state index is 13.5. The first-order valence-corrected chi connectivity index (χ1v) is 6.55. The fourth-order valence-electron chi connectivity index (χ4n) is 1.78. The summed E-state index contributed by atoms with van der Waals surface area (Å²) in [6, 6.07) is 6.00. The standard InChI is InChI=1S/C15H13F4N3O/c1-22(2)10(23)7-8-3-5-9(6-4-8)20-13-11(16)14(18)21-15(19)12(13)17/h3-6H,7H2,1-2H3,(H,20,21). The van der Waals surface area contributed by atoms with Gasteiger partial charge in [-0.3, -0.25) is 4.79 Å². The van der Waals surface area contributed by atoms with Gasteiger partial charge in [0.25, 0.3) is 11.9 Å². The molecular weight excluding hydrogens is 314 g/mol. The molecule has 1 aromatic heterocycles. The Bertz CT molecular complexity index is 706. The Morgan fingerprint density at radius 2 is 1.57 bits per heavy atom. The van der Waals surface area contributed by atoms with Crippen molar-refractivity contribution in [2.75, 3.05) is 19.4 Å². The molecule has 0 bridgehead atoms. The maximum Gasteiger partial charge on any atom is 0.253 e. The largest absolute Gasteiger partial charge is 0.350 e. The van der Waals surface area contributed by atoms with Crippen molar-refractivity contribution in [3.63, 3.8) is 0 Å². The third-order valence-electron chi connectivity index (χ3n) is 3.07. The fourth-order valence-corrected chi connectivity index (χ4v) is 1.78. The number of likely N-dealkylation sites (N-methyl/N-ethyl adjacent to an activating group) is 1. The lowest BCUT2D eigenvalue weighted by atomic mass is 10.1. The summed E-state index contributed by atoms with van der Waals surface area (Å²) in [5, 5.41) is 2.26. The second-order valence-electron chi connectivity index (χ2n) is 4.98. The summed E-state index contributed by atoms with van der Waals surface area (Å²) in [5.74, 6) is -6.81. The maximum atomic E-state index is 13.5. The van der Waals surface area contributed by atoms with E-state index in [1.54, 1.807) is 26.2 Å². The molecule has 0 aliphatic rings. The minimum Gasteiger partial charge on any atom is -0.350 e. The van der Waals surface area contributed by atoms with Gasteiger partial charge in [0.05, 0.1) is 6.42 Å². The lowest BCUT2D eigenvalue weighted by molar-refractivity contribution is -0.127. The minimum absolute atomic E-state index is 0.110. The van der Waals surface area contributed by atoms with Gasteiger partial charge in [-0.05, 0) is 17.7 Å². The van der Waals surface area contributed by atoms with Crippen molar-refractivity contribution in [2.24, 2.45) is 0 Å². The number of nitrogens with zero attached hydrogens (tertiary/aromatic N) is 2. The van der Waals surface area contributed by atoms with Gasteiger partial charge in [-0.15, -0.1) is 0 Å². The molecule has 1 aromatic carbocycles. The zero-order valence-corrected chi connectivity index (χ0v) is 12.3. The zero-order valence-electron chi connectivity index (χ0n) is 12.3. The lowest BCUT2D eigenvalue weighted by Gasteiger charge is -2.12. The normalized spacial score (nSPS) is 10.5. The number of benzene rings is 1. The van der Waals surface area contributed by atoms with E-state index < -0.39 is 29.2 Å². The molecule has 0 saturated heterocycles. The van der Waals surface area contributed by atoms with E-state index in [9.17, 15) is 22.4 Å². The highest BCUT2D eigenvalue weighted by Gasteiger charge is 2.20. The summed E-state index contributed by atoms with van der Waals surface area (Å²) in [6.45, 7) is 0. The molecule has 1 N–H and O–H groups in total. The molecule has 122 valence electrons. The number of rotatable bonds is 4. The molecule has 8 heteroatoms. The van der Waals surface area contributed by atoms with E-state index in [4.69, 9.17) is 0 Å². The van der Waals surface area contributed by atoms with Crippen LogP contribution in [0, 0.1) is 23.5 Å². The molecule has 2 rings (SSSR count). The van der Waals surface area contributed by atoms with Crippen LogP contribution in [0.3, 0.4) is 0 Å². The number of pyridine rings is 1. The van der Waals surface area contributed by atoms with Gasteiger partial charge < -0.3 is 10.2 Å². The van der Waals surface area contributed by atoms with Crippen LogP contribution in [-0.4, -0.2) is 29.9 Å². The number of hydrogen-bond donors (Lipinski definition) is 1. The van der Waals surface area contributed by atoms with Gasteiger partial charge in [-0.25, -0.2) is 0 Å². The van der Waals surface area contributed by atoms with Gasteiger partial charge in [0.2, 0.25) is 17.5 Å². The van der Waals surface area contributed by atoms with Crippen LogP contribution in [0.15, 0.2) is 24.3 Å². The first-order valence-electron chi connectivity index (χ1n) is 6.55. The third-order valence-corrected chi connectivity index (χ3v) is 3.07. The van der Waals surface area contributed by atoms with Crippen molar-refractivity contribution in [2.45, 2.75) is 6.42 Å². The van der Waals surface area contributed by atoms with E-state index in [0.717, 1.165) is 0 Å². The Balaban J connectivity index is 2.21. The number of nitrogens with one attached hydrogen (secondary N) is 1. The van der Waals surface area contributed by atoms with Crippen LogP contribution in [0.5, 0.6) is 0 Å². The molecular formula is C15H13F4N3O. The van der Waals surface area contributed by atoms with Crippen molar-refractivity contribution in [1.29, 1.82) is 0 Å². The highest BCUT2D eigenvalue weighted by atomic mass is 19.2. The molecule has 0 aliphatic heterocycles. The summed E-state index contributed by atoms with van der Waals surface area (Å²) in [4.78, 5) is 15.5. The van der Waals surface area contributed by atoms with Gasteiger partial charge in [0, 0.05) is 19.8 Å². The van der Waals surface area contributed by atoms with Gasteiger partial charge in [-0.2, -0.15) is 22.5 Å². The number of halogens is 4. The van der Waals surface area contributed by atoms with Crippen molar-refractivity contribution in [3.8, 4) is 0 Å². The Morgan fingerprint density at radius 3 is 2.04 bits per heavy atom. The van der Waals surface area contributed by atoms with Gasteiger partial charge in [0.15, 0.2) is 0 Å². The highest BCUT2D eigenvalue weighted by Crippen LogP contribution is 2.26. The highest BCUT2D eigenvalue weighted by molar-refractivity contribution is 5.78. The number of carbonyl (C=O) groups excluding carboxylic acids is 1. The average Bonchev–Trinajstić information content (AvgIpc) is 2.51. The second kappa shape index (κ2) is 6.64. The third kappa shape index (κ3) is 3.77. The molecule has 23 heavy (non-hydrogen) atoms. The Labute approximate surface area is 129 Å². The topological polar surface area (TPSA) is 45.2 Å². The monoisotopic (exact) mass is 327 g/mol. The molecule has 4 nitrogen and oxygen atoms in total. The number of amides is 1. The van der Waals surface area contributed by atoms with Crippen molar-refractivity contribution in [3.05, 3.63) is 53.4 Å². The molecule has 0 atom stereocenters. The number of carbonyl (C=O) groups is 1. The summed E-state index contributed by atoms with van der Waals surface area (Å²) < 4.78 is 53.1. The van der Waals surface area contributed by atoms with Crippen LogP contribution in [0.1, 0.15) is 5.56 Å². The summed E-state index contributed by atoms with van der Waals surface area (Å²) >= 11 is 0. The van der Waals surface area contributed by atoms with Crippen LogP contribution < -0.4 is 5.32 Å². The van der Waals surface area contributed by atoms with Crippen LogP contribution in [0.4, 0.5) is 28.9 Å². The predicted octanol–water partition coefficient (Wildman–Crippen LogP) is 3.01. The van der Waals surface area contributed by atoms with E-state index in [-0.39, 0.29) is 18.0 Å². The Hall–Kier alpha value is -2.64. The molecule has 0 saturated carbocycles. The zero-order chi connectivity index (χ0) is 17.1. The van der Waals surface area contributed by atoms with E-state index in [1.165, 1.54) is 17.0 Å². The summed E-state index contributed by atoms with van der Waals surface area (Å²) in [5.41, 5.74) is -0.0803. The minimum atomic E-state index is -1.74. The SMILES string of the molecule is CN(C)C(=O)Cc1ccc(Nc2c(F)c(F)nc(F)c2F)cc1. The van der Waals surface area contributed by atoms with Crippen molar-refractivity contribution in [1.82, 2.24) is 9.88 Å². The lowest BCUT2D eigenvalue weighted by Crippen LogP contribution is -2.23. The molecule has 2 aromatic rings. The van der Waals surface area contributed by atoms with Crippen LogP contribution in [0.2, 0.25) is 0 Å². The Kier molecular flexibility index (Phi) is 4.83. The molecule has 0 unspecified atom stereocenters. The van der Waals surface area contributed by atoms with Crippen LogP contribution in [0.25, 0.3) is 0 Å². The van der Waals surface area contributed by atoms with Crippen molar-refractivity contribution >= 4 is 17.3 Å². The quantitative estimate of drug-likeness (QED) is 0.693. The fraction of sp³-hybridized carbons (Fsp3) is 0.200. The van der Waals surface area contributed by atoms with Gasteiger partial charge in [0.1, 0.15) is 5.69 Å². The first kappa shape index (κ1) is 16.7. The number of anilines is 2. The molecule has 0 radical (unpaired) electrons. The van der Waals surface area contributed by atoms with E-state index in [0.29, 0.717) is 5.56 Å². The number of hydrogen-bond acceptors (Lipinski definition) is 3. The first-order chi connectivity index (χ1) is 10.8. The molecule has 1 heterocycles. The van der Waals surface area contributed by atoms with E-state index >= 15 is 0 Å². The van der Waals surface area contributed by atoms with Crippen LogP contribution in [-0.2, 0) is 11.2 Å². The summed E-state index contributed by atoms with van der Waals surface area (Å²) in [6.07, 6.45) is 0.161. The van der Waals surface area contributed by atoms with Gasteiger partial charge >= 0.3 is 0 Å². The molecule has 0 fully saturated rings. The van der Waals surface area contributed by atoms with Gasteiger partial charge in [-0.1, -0.05) is 12.1 Å². The molecule has 1 amide bonds. The van der Waals surface area contributed by atoms with Crippen molar-refractivity contribution < 1.29 is 22.4 Å². The van der Waals surface area contributed by atoms with E-state index in [2.05, 4.69) is 10.3 Å². The predicted molar refractivity (Wildman–Crippen MR) is 76.2 cm³/mol. The molecule has 0 aliphatic carbocycles. The second-order valence-corrected chi connectivity index (χ2v) is 4.98.